The number of fused-ring (bicyclic) bond motifs is 1. The fourth-order valence-electron chi connectivity index (χ4n) is 3.99. The van der Waals surface area contributed by atoms with Gasteiger partial charge in [-0.15, -0.1) is 0 Å². The number of hydrogen-bond donors (Lipinski definition) is 1. The number of quaternary nitrogens is 1. The van der Waals surface area contributed by atoms with E-state index < -0.39 is 0 Å². The van der Waals surface area contributed by atoms with Crippen molar-refractivity contribution >= 4 is 10.9 Å². The van der Waals surface area contributed by atoms with Crippen LogP contribution in [-0.2, 0) is 5.54 Å². The summed E-state index contributed by atoms with van der Waals surface area (Å²) in [6, 6.07) is 23.6. The summed E-state index contributed by atoms with van der Waals surface area (Å²) in [4.78, 5) is 8.18. The molecule has 1 saturated carbocycles. The highest BCUT2D eigenvalue weighted by molar-refractivity contribution is 5.90. The van der Waals surface area contributed by atoms with Gasteiger partial charge in [-0.2, -0.15) is 0 Å². The van der Waals surface area contributed by atoms with Gasteiger partial charge in [0.25, 0.3) is 0 Å². The van der Waals surface area contributed by atoms with Crippen molar-refractivity contribution in [3.8, 4) is 22.4 Å². The van der Waals surface area contributed by atoms with Gasteiger partial charge in [0.2, 0.25) is 0 Å². The van der Waals surface area contributed by atoms with Crippen molar-refractivity contribution < 1.29 is 35.5 Å². The van der Waals surface area contributed by atoms with Gasteiger partial charge in [-0.1, -0.05) is 54.6 Å². The predicted octanol–water partition coefficient (Wildman–Crippen LogP) is -1.99. The van der Waals surface area contributed by atoms with Gasteiger partial charge in [0.1, 0.15) is 5.54 Å². The molecule has 4 aromatic rings. The molecule has 5 heteroatoms. The lowest BCUT2D eigenvalue weighted by molar-refractivity contribution is -0.509. The summed E-state index contributed by atoms with van der Waals surface area (Å²) in [5.41, 5.74) is 11.4. The Hall–Kier alpha value is -2.46. The van der Waals surface area contributed by atoms with Crippen LogP contribution in [-0.4, -0.2) is 4.98 Å². The third-order valence-corrected chi connectivity index (χ3v) is 5.83. The van der Waals surface area contributed by atoms with Crippen LogP contribution < -0.4 is 35.5 Å². The first-order chi connectivity index (χ1) is 13.2. The predicted molar refractivity (Wildman–Crippen MR) is 108 cm³/mol. The summed E-state index contributed by atoms with van der Waals surface area (Å²) in [6.45, 7) is 0. The molecule has 2 aromatic carbocycles. The van der Waals surface area contributed by atoms with Crippen LogP contribution in [0.3, 0.4) is 0 Å². The Morgan fingerprint density at radius 3 is 2.24 bits per heavy atom. The van der Waals surface area contributed by atoms with Crippen LogP contribution >= 0.6 is 0 Å². The number of benzene rings is 2. The lowest BCUT2D eigenvalue weighted by Crippen LogP contribution is -3.00. The first kappa shape index (κ1) is 21.3. The highest BCUT2D eigenvalue weighted by Gasteiger charge is 2.38. The second-order valence-corrected chi connectivity index (χ2v) is 7.58. The Bertz CT molecular complexity index is 1110. The fourth-order valence-corrected chi connectivity index (χ4v) is 3.99. The number of nitrogens with zero attached hydrogens (tertiary/aromatic N) is 1. The van der Waals surface area contributed by atoms with Gasteiger partial charge in [0.15, 0.2) is 12.4 Å². The summed E-state index contributed by atoms with van der Waals surface area (Å²) >= 11 is 0. The normalized spacial score (nSPS) is 14.4. The maximum atomic E-state index is 5.01. The molecule has 2 aromatic heterocycles. The summed E-state index contributed by atoms with van der Waals surface area (Å²) in [5, 5.41) is 1.11. The first-order valence-corrected chi connectivity index (χ1v) is 9.56. The molecule has 0 spiro atoms. The van der Waals surface area contributed by atoms with Gasteiger partial charge in [-0.3, -0.25) is 0 Å². The summed E-state index contributed by atoms with van der Waals surface area (Å²) in [5.74, 6) is 0. The number of halogens is 2. The van der Waals surface area contributed by atoms with E-state index in [0.717, 1.165) is 27.7 Å². The van der Waals surface area contributed by atoms with E-state index >= 15 is 0 Å². The van der Waals surface area contributed by atoms with Gasteiger partial charge >= 0.3 is 0 Å². The van der Waals surface area contributed by atoms with Crippen molar-refractivity contribution in [3.05, 3.63) is 84.7 Å². The first-order valence-electron chi connectivity index (χ1n) is 9.56. The molecule has 3 nitrogen and oxygen atoms in total. The Labute approximate surface area is 183 Å². The quantitative estimate of drug-likeness (QED) is 0.407. The number of H-pyrrole nitrogens is 1. The Kier molecular flexibility index (Phi) is 6.23. The van der Waals surface area contributed by atoms with Crippen molar-refractivity contribution in [2.45, 2.75) is 24.8 Å². The molecule has 0 atom stereocenters. The minimum absolute atomic E-state index is 0. The molecule has 0 radical (unpaired) electrons. The van der Waals surface area contributed by atoms with Crippen molar-refractivity contribution in [1.29, 1.82) is 0 Å². The van der Waals surface area contributed by atoms with E-state index in [1.165, 1.54) is 30.4 Å². The third-order valence-electron chi connectivity index (χ3n) is 5.83. The SMILES string of the molecule is [Cl-].[Cl-].[NH3+]C1(c2ccc(-c3nc4cc[nH+]cc4cc3-c3ccccc3)cc2)CCC1. The Morgan fingerprint density at radius 1 is 0.862 bits per heavy atom. The van der Waals surface area contributed by atoms with Crippen molar-refractivity contribution in [2.75, 3.05) is 0 Å². The van der Waals surface area contributed by atoms with Crippen LogP contribution in [0.2, 0.25) is 0 Å². The fraction of sp³-hybridized carbons (Fsp3) is 0.167. The largest absolute Gasteiger partial charge is 1.00 e. The van der Waals surface area contributed by atoms with E-state index in [0.29, 0.717) is 0 Å². The van der Waals surface area contributed by atoms with Crippen LogP contribution in [0.1, 0.15) is 24.8 Å². The molecule has 4 N–H and O–H groups in total. The molecule has 1 aliphatic rings. The molecular weight excluding hydrogens is 401 g/mol. The van der Waals surface area contributed by atoms with Gasteiger partial charge < -0.3 is 30.5 Å². The highest BCUT2D eigenvalue weighted by Crippen LogP contribution is 2.38. The molecule has 5 rings (SSSR count). The number of aromatic nitrogens is 2. The maximum absolute atomic E-state index is 5.01. The van der Waals surface area contributed by atoms with Crippen LogP contribution in [0.5, 0.6) is 0 Å². The Balaban J connectivity index is 0.00000120. The van der Waals surface area contributed by atoms with Gasteiger partial charge in [0, 0.05) is 35.6 Å². The van der Waals surface area contributed by atoms with Crippen molar-refractivity contribution in [2.24, 2.45) is 0 Å². The number of aromatic amines is 1. The number of hydrogen-bond acceptors (Lipinski definition) is 1. The number of rotatable bonds is 3. The second kappa shape index (κ2) is 8.50. The summed E-state index contributed by atoms with van der Waals surface area (Å²) in [6.07, 6.45) is 7.59. The molecule has 2 heterocycles. The van der Waals surface area contributed by atoms with E-state index in [9.17, 15) is 0 Å². The third kappa shape index (κ3) is 3.86. The van der Waals surface area contributed by atoms with Crippen LogP contribution in [0.4, 0.5) is 0 Å². The highest BCUT2D eigenvalue weighted by atomic mass is 35.5. The molecule has 29 heavy (non-hydrogen) atoms. The minimum atomic E-state index is 0. The van der Waals surface area contributed by atoms with Gasteiger partial charge in [0.05, 0.1) is 16.6 Å². The molecule has 0 bridgehead atoms. The molecule has 0 amide bonds. The minimum Gasteiger partial charge on any atom is -1.00 e. The average Bonchev–Trinajstić information content (AvgIpc) is 2.72. The van der Waals surface area contributed by atoms with E-state index in [1.54, 1.807) is 0 Å². The average molecular weight is 424 g/mol. The van der Waals surface area contributed by atoms with E-state index in [2.05, 4.69) is 65.3 Å². The summed E-state index contributed by atoms with van der Waals surface area (Å²) < 4.78 is 0. The number of pyridine rings is 2. The van der Waals surface area contributed by atoms with Crippen LogP contribution in [0.15, 0.2) is 79.1 Å². The topological polar surface area (TPSA) is 54.7 Å². The van der Waals surface area contributed by atoms with Crippen LogP contribution in [0.25, 0.3) is 33.3 Å². The van der Waals surface area contributed by atoms with Crippen molar-refractivity contribution in [3.63, 3.8) is 0 Å². The molecule has 148 valence electrons. The number of nitrogens with one attached hydrogen (secondary N) is 1. The molecular formula is C24H23Cl2N3. The molecule has 1 fully saturated rings. The zero-order valence-electron chi connectivity index (χ0n) is 16.0. The molecule has 0 unspecified atom stereocenters. The molecule has 1 aliphatic carbocycles. The Morgan fingerprint density at radius 2 is 1.59 bits per heavy atom. The molecule has 0 saturated heterocycles. The second-order valence-electron chi connectivity index (χ2n) is 7.58. The van der Waals surface area contributed by atoms with Crippen LogP contribution in [0, 0.1) is 0 Å². The monoisotopic (exact) mass is 423 g/mol. The van der Waals surface area contributed by atoms with Gasteiger partial charge in [-0.25, -0.2) is 9.97 Å². The van der Waals surface area contributed by atoms with E-state index in [1.807, 2.05) is 24.5 Å². The molecule has 0 aliphatic heterocycles. The van der Waals surface area contributed by atoms with Crippen molar-refractivity contribution in [1.82, 2.24) is 4.98 Å². The maximum Gasteiger partial charge on any atom is 0.176 e. The lowest BCUT2D eigenvalue weighted by atomic mass is 9.72. The summed E-state index contributed by atoms with van der Waals surface area (Å²) in [7, 11) is 0. The van der Waals surface area contributed by atoms with E-state index in [4.69, 9.17) is 4.98 Å². The van der Waals surface area contributed by atoms with Gasteiger partial charge in [-0.05, 0) is 18.1 Å². The zero-order chi connectivity index (χ0) is 18.3. The smallest absolute Gasteiger partial charge is 0.176 e. The zero-order valence-corrected chi connectivity index (χ0v) is 17.5. The standard InChI is InChI=1S/C24H21N3.2ClH/c25-24(12-4-13-24)20-9-7-18(8-10-20)23-21(17-5-2-1-3-6-17)15-19-16-26-14-11-22(19)27-23;;/h1-3,5-11,14-16H,4,12-13,25H2;2*1H. The lowest BCUT2D eigenvalue weighted by Gasteiger charge is -2.34. The van der Waals surface area contributed by atoms with E-state index in [-0.39, 0.29) is 30.4 Å².